The van der Waals surface area contributed by atoms with Crippen LogP contribution in [-0.4, -0.2) is 25.4 Å². The minimum atomic E-state index is -0.295. The Bertz CT molecular complexity index is 886. The van der Waals surface area contributed by atoms with Crippen molar-refractivity contribution >= 4 is 11.3 Å². The summed E-state index contributed by atoms with van der Waals surface area (Å²) in [6, 6.07) is 10.6. The molecule has 0 spiro atoms. The molecule has 0 bridgehead atoms. The van der Waals surface area contributed by atoms with Gasteiger partial charge in [0.05, 0.1) is 31.0 Å². The van der Waals surface area contributed by atoms with Crippen LogP contribution in [0.1, 0.15) is 26.3 Å². The number of fused-ring (bicyclic) bond motifs is 1. The summed E-state index contributed by atoms with van der Waals surface area (Å²) in [5, 5.41) is 3.58. The Hall–Kier alpha value is -2.59. The molecule has 27 heavy (non-hydrogen) atoms. The molecule has 0 aliphatic carbocycles. The van der Waals surface area contributed by atoms with Gasteiger partial charge in [-0.1, -0.05) is 30.4 Å². The average molecular weight is 367 g/mol. The first-order chi connectivity index (χ1) is 12.9. The van der Waals surface area contributed by atoms with Gasteiger partial charge in [-0.05, 0) is 44.5 Å². The molecule has 0 fully saturated rings. The average Bonchev–Trinajstić information content (AvgIpc) is 2.64. The standard InChI is InChI=1S/C23H26FNO2/c1-6-12-27-15(2)20-14-23(3,4)25-22-17(8-7-9-18(20)22)19-13-16(24)10-11-21(19)26-5/h6-11,13-15,25H,1,12H2,2-5H3. The molecule has 1 atom stereocenters. The van der Waals surface area contributed by atoms with Crippen molar-refractivity contribution in [2.45, 2.75) is 32.4 Å². The van der Waals surface area contributed by atoms with Gasteiger partial charge in [-0.2, -0.15) is 0 Å². The van der Waals surface area contributed by atoms with Gasteiger partial charge in [0.1, 0.15) is 11.6 Å². The van der Waals surface area contributed by atoms with E-state index in [-0.39, 0.29) is 17.5 Å². The Labute approximate surface area is 160 Å². The Morgan fingerprint density at radius 2 is 1.93 bits per heavy atom. The Kier molecular flexibility index (Phi) is 5.38. The van der Waals surface area contributed by atoms with Crippen molar-refractivity contribution < 1.29 is 13.9 Å². The van der Waals surface area contributed by atoms with Crippen molar-refractivity contribution in [3.05, 3.63) is 66.5 Å². The van der Waals surface area contributed by atoms with Gasteiger partial charge in [-0.3, -0.25) is 0 Å². The van der Waals surface area contributed by atoms with Crippen molar-refractivity contribution in [2.24, 2.45) is 0 Å². The number of rotatable bonds is 6. The van der Waals surface area contributed by atoms with E-state index in [9.17, 15) is 4.39 Å². The first kappa shape index (κ1) is 19.2. The van der Waals surface area contributed by atoms with Crippen LogP contribution in [0, 0.1) is 5.82 Å². The van der Waals surface area contributed by atoms with E-state index in [1.807, 2.05) is 19.1 Å². The van der Waals surface area contributed by atoms with Gasteiger partial charge in [0.15, 0.2) is 0 Å². The highest BCUT2D eigenvalue weighted by Crippen LogP contribution is 2.44. The van der Waals surface area contributed by atoms with Crippen molar-refractivity contribution in [3.8, 4) is 16.9 Å². The van der Waals surface area contributed by atoms with E-state index in [0.29, 0.717) is 12.4 Å². The summed E-state index contributed by atoms with van der Waals surface area (Å²) in [4.78, 5) is 0. The first-order valence-electron chi connectivity index (χ1n) is 9.07. The third-order valence-electron chi connectivity index (χ3n) is 4.69. The number of nitrogens with one attached hydrogen (secondary N) is 1. The summed E-state index contributed by atoms with van der Waals surface area (Å²) in [7, 11) is 1.60. The summed E-state index contributed by atoms with van der Waals surface area (Å²) in [6.45, 7) is 10.5. The molecule has 2 aromatic rings. The minimum Gasteiger partial charge on any atom is -0.496 e. The molecule has 1 aliphatic heterocycles. The zero-order valence-electron chi connectivity index (χ0n) is 16.3. The molecule has 1 heterocycles. The number of halogens is 1. The molecular formula is C23H26FNO2. The molecule has 4 heteroatoms. The fourth-order valence-corrected chi connectivity index (χ4v) is 3.51. The largest absolute Gasteiger partial charge is 0.496 e. The fourth-order valence-electron chi connectivity index (χ4n) is 3.51. The van der Waals surface area contributed by atoms with E-state index >= 15 is 0 Å². The second kappa shape index (κ2) is 7.57. The van der Waals surface area contributed by atoms with E-state index in [1.54, 1.807) is 19.3 Å². The maximum atomic E-state index is 14.0. The number of ether oxygens (including phenoxy) is 2. The van der Waals surface area contributed by atoms with Crippen LogP contribution in [0.2, 0.25) is 0 Å². The van der Waals surface area contributed by atoms with Gasteiger partial charge in [0.2, 0.25) is 0 Å². The lowest BCUT2D eigenvalue weighted by atomic mass is 9.85. The van der Waals surface area contributed by atoms with E-state index < -0.39 is 0 Å². The molecule has 0 saturated heterocycles. The molecule has 1 N–H and O–H groups in total. The highest BCUT2D eigenvalue weighted by Gasteiger charge is 2.29. The summed E-state index contributed by atoms with van der Waals surface area (Å²) in [5.74, 6) is 0.341. The molecule has 3 rings (SSSR count). The third-order valence-corrected chi connectivity index (χ3v) is 4.69. The molecule has 1 unspecified atom stereocenters. The summed E-state index contributed by atoms with van der Waals surface area (Å²) < 4.78 is 25.4. The van der Waals surface area contributed by atoms with E-state index in [0.717, 1.165) is 28.0 Å². The van der Waals surface area contributed by atoms with Crippen LogP contribution in [0.3, 0.4) is 0 Å². The van der Waals surface area contributed by atoms with E-state index in [2.05, 4.69) is 37.9 Å². The summed E-state index contributed by atoms with van der Waals surface area (Å²) in [5.41, 5.74) is 4.46. The lowest BCUT2D eigenvalue weighted by Crippen LogP contribution is -2.34. The lowest BCUT2D eigenvalue weighted by molar-refractivity contribution is 0.129. The predicted molar refractivity (Wildman–Crippen MR) is 110 cm³/mol. The first-order valence-corrected chi connectivity index (χ1v) is 9.07. The summed E-state index contributed by atoms with van der Waals surface area (Å²) >= 11 is 0. The zero-order chi connectivity index (χ0) is 19.6. The highest BCUT2D eigenvalue weighted by molar-refractivity contribution is 5.93. The van der Waals surface area contributed by atoms with Crippen LogP contribution in [0.5, 0.6) is 5.75 Å². The van der Waals surface area contributed by atoms with Crippen LogP contribution in [0.25, 0.3) is 16.7 Å². The smallest absolute Gasteiger partial charge is 0.126 e. The fraction of sp³-hybridized carbons (Fsp3) is 0.304. The van der Waals surface area contributed by atoms with Crippen molar-refractivity contribution in [2.75, 3.05) is 19.0 Å². The maximum absolute atomic E-state index is 14.0. The second-order valence-electron chi connectivity index (χ2n) is 7.28. The molecule has 2 aromatic carbocycles. The van der Waals surface area contributed by atoms with E-state index in [1.165, 1.54) is 12.1 Å². The van der Waals surface area contributed by atoms with E-state index in [4.69, 9.17) is 9.47 Å². The molecule has 0 aromatic heterocycles. The van der Waals surface area contributed by atoms with Gasteiger partial charge < -0.3 is 14.8 Å². The second-order valence-corrected chi connectivity index (χ2v) is 7.28. The minimum absolute atomic E-state index is 0.0900. The van der Waals surface area contributed by atoms with Crippen LogP contribution < -0.4 is 10.1 Å². The van der Waals surface area contributed by atoms with Crippen LogP contribution >= 0.6 is 0 Å². The predicted octanol–water partition coefficient (Wildman–Crippen LogP) is 5.68. The molecule has 0 saturated carbocycles. The molecule has 0 radical (unpaired) electrons. The van der Waals surface area contributed by atoms with Crippen LogP contribution in [0.15, 0.2) is 55.1 Å². The zero-order valence-corrected chi connectivity index (χ0v) is 16.3. The van der Waals surface area contributed by atoms with Crippen molar-refractivity contribution in [1.82, 2.24) is 0 Å². The third kappa shape index (κ3) is 3.91. The van der Waals surface area contributed by atoms with Crippen molar-refractivity contribution in [1.29, 1.82) is 0 Å². The number of methoxy groups -OCH3 is 1. The Balaban J connectivity index is 2.17. The molecule has 142 valence electrons. The number of anilines is 1. The van der Waals surface area contributed by atoms with Gasteiger partial charge in [0, 0.05) is 16.7 Å². The van der Waals surface area contributed by atoms with Crippen LogP contribution in [-0.2, 0) is 4.74 Å². The number of benzene rings is 2. The van der Waals surface area contributed by atoms with Gasteiger partial charge >= 0.3 is 0 Å². The van der Waals surface area contributed by atoms with Gasteiger partial charge in [0.25, 0.3) is 0 Å². The Morgan fingerprint density at radius 3 is 2.63 bits per heavy atom. The molecule has 1 aliphatic rings. The topological polar surface area (TPSA) is 30.5 Å². The lowest BCUT2D eigenvalue weighted by Gasteiger charge is -2.35. The summed E-state index contributed by atoms with van der Waals surface area (Å²) in [6.07, 6.45) is 3.85. The number of para-hydroxylation sites is 1. The number of hydrogen-bond acceptors (Lipinski definition) is 3. The quantitative estimate of drug-likeness (QED) is 0.666. The maximum Gasteiger partial charge on any atom is 0.126 e. The van der Waals surface area contributed by atoms with Crippen molar-refractivity contribution in [3.63, 3.8) is 0 Å². The molecule has 0 amide bonds. The SMILES string of the molecule is C=CCOC(C)C1=CC(C)(C)Nc2c1cccc2-c1cc(F)ccc1OC. The normalized spacial score (nSPS) is 16.0. The molecular weight excluding hydrogens is 341 g/mol. The highest BCUT2D eigenvalue weighted by atomic mass is 19.1. The van der Waals surface area contributed by atoms with Gasteiger partial charge in [-0.15, -0.1) is 6.58 Å². The monoisotopic (exact) mass is 367 g/mol. The Morgan fingerprint density at radius 1 is 1.19 bits per heavy atom. The van der Waals surface area contributed by atoms with Gasteiger partial charge in [-0.25, -0.2) is 4.39 Å². The molecule has 3 nitrogen and oxygen atoms in total. The number of hydrogen-bond donors (Lipinski definition) is 1. The van der Waals surface area contributed by atoms with Crippen LogP contribution in [0.4, 0.5) is 10.1 Å².